The van der Waals surface area contributed by atoms with E-state index in [1.165, 1.54) is 77.0 Å². The van der Waals surface area contributed by atoms with Crippen LogP contribution in [0.3, 0.4) is 0 Å². The topological polar surface area (TPSA) is 18.5 Å². The van der Waals surface area contributed by atoms with Gasteiger partial charge in [0.25, 0.3) is 0 Å². The first-order valence-corrected chi connectivity index (χ1v) is 17.4. The first-order valence-electron chi connectivity index (χ1n) is 17.4. The number of halogens is 2. The summed E-state index contributed by atoms with van der Waals surface area (Å²) >= 11 is 0. The maximum absolute atomic E-state index is 14.9. The quantitative estimate of drug-likeness (QED) is 0.261. The predicted molar refractivity (Wildman–Crippen MR) is 164 cm³/mol. The van der Waals surface area contributed by atoms with Crippen molar-refractivity contribution in [1.29, 1.82) is 0 Å². The van der Waals surface area contributed by atoms with Crippen LogP contribution >= 0.6 is 0 Å². The van der Waals surface area contributed by atoms with Crippen molar-refractivity contribution in [1.82, 2.24) is 0 Å². The molecule has 1 aromatic rings. The fourth-order valence-corrected chi connectivity index (χ4v) is 9.09. The Hall–Kier alpha value is -1.42. The van der Waals surface area contributed by atoms with Gasteiger partial charge in [0.1, 0.15) is 0 Å². The largest absolute Gasteiger partial charge is 0.490 e. The summed E-state index contributed by atoms with van der Waals surface area (Å²) < 4.78 is 41.3. The van der Waals surface area contributed by atoms with Gasteiger partial charge in [-0.3, -0.25) is 0 Å². The van der Waals surface area contributed by atoms with Gasteiger partial charge in [-0.2, -0.15) is 4.39 Å². The highest BCUT2D eigenvalue weighted by Crippen LogP contribution is 2.48. The number of allylic oxidation sites excluding steroid dienone is 2. The van der Waals surface area contributed by atoms with Crippen molar-refractivity contribution in [2.75, 3.05) is 13.2 Å². The van der Waals surface area contributed by atoms with Gasteiger partial charge in [-0.1, -0.05) is 25.1 Å². The summed E-state index contributed by atoms with van der Waals surface area (Å²) in [6.07, 6.45) is 26.4. The monoisotopic (exact) mass is 570 g/mol. The molecule has 2 unspecified atom stereocenters. The van der Waals surface area contributed by atoms with E-state index in [-0.39, 0.29) is 11.7 Å². The van der Waals surface area contributed by atoms with Crippen molar-refractivity contribution >= 4 is 0 Å². The molecule has 1 aliphatic heterocycles. The Balaban J connectivity index is 1.00. The van der Waals surface area contributed by atoms with Crippen molar-refractivity contribution < 1.29 is 18.3 Å². The molecule has 4 fully saturated rings. The Kier molecular flexibility index (Phi) is 11.6. The number of rotatable bonds is 10. The minimum atomic E-state index is -0.805. The average molecular weight is 571 g/mol. The molecule has 5 rings (SSSR count). The van der Waals surface area contributed by atoms with Crippen LogP contribution < -0.4 is 4.74 Å². The van der Waals surface area contributed by atoms with E-state index in [1.54, 1.807) is 12.1 Å². The van der Waals surface area contributed by atoms with E-state index in [9.17, 15) is 8.78 Å². The zero-order chi connectivity index (χ0) is 28.6. The third kappa shape index (κ3) is 7.95. The number of hydrogen-bond donors (Lipinski definition) is 0. The summed E-state index contributed by atoms with van der Waals surface area (Å²) in [5, 5.41) is 0. The third-order valence-corrected chi connectivity index (χ3v) is 11.6. The van der Waals surface area contributed by atoms with E-state index >= 15 is 0 Å². The van der Waals surface area contributed by atoms with E-state index < -0.39 is 11.6 Å². The minimum absolute atomic E-state index is 0.0544. The molecule has 0 spiro atoms. The van der Waals surface area contributed by atoms with Crippen molar-refractivity contribution in [3.8, 4) is 5.75 Å². The maximum atomic E-state index is 14.9. The number of ether oxygens (including phenoxy) is 2. The lowest BCUT2D eigenvalue weighted by atomic mass is 9.64. The van der Waals surface area contributed by atoms with Gasteiger partial charge >= 0.3 is 0 Å². The highest BCUT2D eigenvalue weighted by atomic mass is 19.2. The Morgan fingerprint density at radius 3 is 1.88 bits per heavy atom. The average Bonchev–Trinajstić information content (AvgIpc) is 3.03. The van der Waals surface area contributed by atoms with E-state index in [2.05, 4.69) is 19.1 Å². The van der Waals surface area contributed by atoms with Crippen LogP contribution in [0.5, 0.6) is 5.75 Å². The molecule has 4 aliphatic rings. The Labute approximate surface area is 249 Å². The summed E-state index contributed by atoms with van der Waals surface area (Å²) in [5.41, 5.74) is 0.562. The molecule has 1 saturated heterocycles. The molecule has 2 nitrogen and oxygen atoms in total. The maximum Gasteiger partial charge on any atom is 0.200 e. The summed E-state index contributed by atoms with van der Waals surface area (Å²) in [5.74, 6) is 3.75. The Bertz CT molecular complexity index is 944. The van der Waals surface area contributed by atoms with Crippen LogP contribution in [0.2, 0.25) is 0 Å². The summed E-state index contributed by atoms with van der Waals surface area (Å²) in [7, 11) is 0. The molecule has 3 aliphatic carbocycles. The summed E-state index contributed by atoms with van der Waals surface area (Å²) in [6.45, 7) is 5.48. The summed E-state index contributed by atoms with van der Waals surface area (Å²) in [6, 6.07) is 3.41. The molecular formula is C37H56F2O2. The van der Waals surface area contributed by atoms with Crippen molar-refractivity contribution in [3.63, 3.8) is 0 Å². The fourth-order valence-electron chi connectivity index (χ4n) is 9.09. The molecule has 1 heterocycles. The summed E-state index contributed by atoms with van der Waals surface area (Å²) in [4.78, 5) is 0. The lowest BCUT2D eigenvalue weighted by Crippen LogP contribution is -2.35. The zero-order valence-electron chi connectivity index (χ0n) is 25.9. The van der Waals surface area contributed by atoms with Gasteiger partial charge in [0.2, 0.25) is 5.82 Å². The first kappa shape index (κ1) is 31.0. The van der Waals surface area contributed by atoms with Crippen molar-refractivity contribution in [2.24, 2.45) is 35.5 Å². The van der Waals surface area contributed by atoms with E-state index in [0.29, 0.717) is 18.3 Å². The number of hydrogen-bond acceptors (Lipinski definition) is 2. The number of benzene rings is 1. The molecule has 1 aromatic carbocycles. The van der Waals surface area contributed by atoms with Gasteiger partial charge in [-0.05, 0) is 169 Å². The van der Waals surface area contributed by atoms with Crippen LogP contribution in [0.15, 0.2) is 24.3 Å². The predicted octanol–water partition coefficient (Wildman–Crippen LogP) is 10.8. The van der Waals surface area contributed by atoms with E-state index in [4.69, 9.17) is 9.47 Å². The SMILES string of the molecule is CC=CCCC1CCC(C2CCC(C3CCC(C4CCC(c5ccc(OCCC)c(F)c5F)CC4)CC3)CC2)OC1. The highest BCUT2D eigenvalue weighted by molar-refractivity contribution is 5.33. The fraction of sp³-hybridized carbons (Fsp3) is 0.784. The molecule has 0 amide bonds. The molecule has 41 heavy (non-hydrogen) atoms. The zero-order valence-corrected chi connectivity index (χ0v) is 25.9. The highest BCUT2D eigenvalue weighted by Gasteiger charge is 2.37. The van der Waals surface area contributed by atoms with Crippen LogP contribution in [0, 0.1) is 47.1 Å². The molecule has 0 aromatic heterocycles. The van der Waals surface area contributed by atoms with Gasteiger partial charge in [-0.15, -0.1) is 0 Å². The molecule has 0 bridgehead atoms. The van der Waals surface area contributed by atoms with Crippen LogP contribution in [0.4, 0.5) is 8.78 Å². The molecule has 2 atom stereocenters. The van der Waals surface area contributed by atoms with E-state index in [0.717, 1.165) is 74.2 Å². The Morgan fingerprint density at radius 1 is 0.756 bits per heavy atom. The minimum Gasteiger partial charge on any atom is -0.490 e. The lowest BCUT2D eigenvalue weighted by Gasteiger charge is -2.43. The molecular weight excluding hydrogens is 514 g/mol. The Morgan fingerprint density at radius 2 is 1.34 bits per heavy atom. The molecule has 230 valence electrons. The molecule has 0 N–H and O–H groups in total. The van der Waals surface area contributed by atoms with Crippen molar-refractivity contribution in [3.05, 3.63) is 41.5 Å². The van der Waals surface area contributed by atoms with Crippen LogP contribution in [0.1, 0.15) is 134 Å². The van der Waals surface area contributed by atoms with Gasteiger partial charge in [-0.25, -0.2) is 4.39 Å². The van der Waals surface area contributed by atoms with Crippen LogP contribution in [-0.4, -0.2) is 19.3 Å². The standard InChI is InChI=1S/C37H56F2O2/c1-3-5-6-7-26-8-22-34(41-25-26)32-19-15-30(16-20-32)28-11-9-27(10-12-28)29-13-17-31(18-14-29)33-21-23-35(40-24-4-2)37(39)36(33)38/h3,5,21,23,26-32,34H,4,6-20,22,24-25H2,1-2H3. The van der Waals surface area contributed by atoms with E-state index in [1.807, 2.05) is 6.92 Å². The first-order chi connectivity index (χ1) is 20.1. The van der Waals surface area contributed by atoms with Gasteiger partial charge in [0.15, 0.2) is 11.6 Å². The molecule has 0 radical (unpaired) electrons. The smallest absolute Gasteiger partial charge is 0.200 e. The third-order valence-electron chi connectivity index (χ3n) is 11.6. The van der Waals surface area contributed by atoms with Gasteiger partial charge in [0, 0.05) is 6.61 Å². The second kappa shape index (κ2) is 15.3. The second-order valence-corrected chi connectivity index (χ2v) is 14.1. The van der Waals surface area contributed by atoms with Crippen LogP contribution in [-0.2, 0) is 4.74 Å². The van der Waals surface area contributed by atoms with Gasteiger partial charge < -0.3 is 9.47 Å². The molecule has 4 heteroatoms. The lowest BCUT2D eigenvalue weighted by molar-refractivity contribution is -0.0617. The molecule has 3 saturated carbocycles. The van der Waals surface area contributed by atoms with Crippen LogP contribution in [0.25, 0.3) is 0 Å². The normalized spacial score (nSPS) is 35.0. The van der Waals surface area contributed by atoms with Crippen molar-refractivity contribution in [2.45, 2.75) is 135 Å². The second-order valence-electron chi connectivity index (χ2n) is 14.1. The van der Waals surface area contributed by atoms with Gasteiger partial charge in [0.05, 0.1) is 12.7 Å².